The van der Waals surface area contributed by atoms with Crippen LogP contribution in [0.3, 0.4) is 0 Å². The molecule has 3 aromatic rings. The van der Waals surface area contributed by atoms with Crippen LogP contribution in [0.1, 0.15) is 21.9 Å². The second kappa shape index (κ2) is 7.94. The fourth-order valence-electron chi connectivity index (χ4n) is 3.16. The molecule has 1 atom stereocenters. The van der Waals surface area contributed by atoms with Crippen LogP contribution in [0.4, 0.5) is 0 Å². The summed E-state index contributed by atoms with van der Waals surface area (Å²) in [4.78, 5) is 0.163. The van der Waals surface area contributed by atoms with Gasteiger partial charge in [-0.1, -0.05) is 48.0 Å². The highest BCUT2D eigenvalue weighted by Gasteiger charge is 2.35. The molecule has 0 amide bonds. The van der Waals surface area contributed by atoms with Crippen LogP contribution in [-0.2, 0) is 9.84 Å². The van der Waals surface area contributed by atoms with Gasteiger partial charge < -0.3 is 14.6 Å². The molecule has 6 heteroatoms. The lowest BCUT2D eigenvalue weighted by Crippen LogP contribution is -2.16. The van der Waals surface area contributed by atoms with Gasteiger partial charge in [-0.2, -0.15) is 0 Å². The molecule has 0 aliphatic heterocycles. The number of phenols is 1. The fourth-order valence-corrected chi connectivity index (χ4v) is 5.01. The van der Waals surface area contributed by atoms with Gasteiger partial charge in [0.2, 0.25) is 0 Å². The maximum Gasteiger partial charge on any atom is 0.189 e. The van der Waals surface area contributed by atoms with Crippen molar-refractivity contribution < 1.29 is 23.0 Å². The van der Waals surface area contributed by atoms with Crippen LogP contribution in [0.25, 0.3) is 0 Å². The lowest BCUT2D eigenvalue weighted by atomic mass is 10.0. The highest BCUT2D eigenvalue weighted by Crippen LogP contribution is 2.45. The zero-order chi connectivity index (χ0) is 20.3. The topological polar surface area (TPSA) is 72.8 Å². The number of hydrogen-bond acceptors (Lipinski definition) is 5. The first kappa shape index (κ1) is 19.8. The second-order valence-corrected chi connectivity index (χ2v) is 8.41. The minimum atomic E-state index is -3.90. The van der Waals surface area contributed by atoms with Gasteiger partial charge in [-0.3, -0.25) is 0 Å². The third-order valence-corrected chi connectivity index (χ3v) is 6.67. The van der Waals surface area contributed by atoms with Gasteiger partial charge in [0.25, 0.3) is 0 Å². The fraction of sp³-hybridized carbons (Fsp3) is 0.182. The molecule has 0 bridgehead atoms. The molecule has 5 nitrogen and oxygen atoms in total. The molecule has 0 aliphatic rings. The summed E-state index contributed by atoms with van der Waals surface area (Å²) in [6.45, 7) is 1.89. The number of benzene rings is 3. The zero-order valence-corrected chi connectivity index (χ0v) is 16.7. The van der Waals surface area contributed by atoms with Crippen LogP contribution in [0.5, 0.6) is 17.2 Å². The van der Waals surface area contributed by atoms with Crippen molar-refractivity contribution in [3.05, 3.63) is 83.4 Å². The van der Waals surface area contributed by atoms with Gasteiger partial charge in [0.15, 0.2) is 21.3 Å². The van der Waals surface area contributed by atoms with Gasteiger partial charge in [0, 0.05) is 11.1 Å². The maximum absolute atomic E-state index is 13.7. The van der Waals surface area contributed by atoms with E-state index in [0.29, 0.717) is 11.3 Å². The number of para-hydroxylation sites is 2. The number of sulfone groups is 1. The molecule has 1 N–H and O–H groups in total. The Bertz CT molecular complexity index is 1070. The van der Waals surface area contributed by atoms with Crippen molar-refractivity contribution in [3.8, 4) is 17.2 Å². The summed E-state index contributed by atoms with van der Waals surface area (Å²) < 4.78 is 37.9. The molecule has 1 unspecified atom stereocenters. The van der Waals surface area contributed by atoms with Crippen LogP contribution in [0, 0.1) is 6.92 Å². The standard InChI is InChI=1S/C22H22O5S/c1-15-11-13-16(14-12-15)28(24,25)22(17-7-4-5-9-19(17)26-2)18-8-6-10-20(27-3)21(18)23/h4-14,22-23H,1-3H3. The summed E-state index contributed by atoms with van der Waals surface area (Å²) in [6, 6.07) is 18.4. The second-order valence-electron chi connectivity index (χ2n) is 6.38. The first-order valence-electron chi connectivity index (χ1n) is 8.69. The zero-order valence-electron chi connectivity index (χ0n) is 15.9. The first-order valence-corrected chi connectivity index (χ1v) is 10.2. The van der Waals surface area contributed by atoms with Gasteiger partial charge in [-0.05, 0) is 31.2 Å². The van der Waals surface area contributed by atoms with E-state index < -0.39 is 15.1 Å². The van der Waals surface area contributed by atoms with Gasteiger partial charge in [-0.25, -0.2) is 8.42 Å². The van der Waals surface area contributed by atoms with Crippen LogP contribution in [-0.4, -0.2) is 27.7 Å². The summed E-state index contributed by atoms with van der Waals surface area (Å²) in [5, 5.41) is 9.54. The average Bonchev–Trinajstić information content (AvgIpc) is 2.70. The summed E-state index contributed by atoms with van der Waals surface area (Å²) in [7, 11) is -0.992. The Hall–Kier alpha value is -2.99. The molecule has 0 radical (unpaired) electrons. The Kier molecular flexibility index (Phi) is 5.61. The van der Waals surface area contributed by atoms with Crippen molar-refractivity contribution in [2.45, 2.75) is 17.1 Å². The predicted octanol–water partition coefficient (Wildman–Crippen LogP) is 4.28. The molecule has 146 valence electrons. The average molecular weight is 398 g/mol. The summed E-state index contributed by atoms with van der Waals surface area (Å²) in [6.07, 6.45) is 0. The minimum absolute atomic E-state index is 0.163. The quantitative estimate of drug-likeness (QED) is 0.671. The summed E-state index contributed by atoms with van der Waals surface area (Å²) >= 11 is 0. The molecule has 0 aromatic heterocycles. The SMILES string of the molecule is COc1ccccc1C(c1cccc(OC)c1O)S(=O)(=O)c1ccc(C)cc1. The number of phenolic OH excluding ortho intramolecular Hbond substituents is 1. The Morgan fingerprint density at radius 1 is 0.786 bits per heavy atom. The van der Waals surface area contributed by atoms with Crippen molar-refractivity contribution in [2.24, 2.45) is 0 Å². The van der Waals surface area contributed by atoms with E-state index >= 15 is 0 Å². The van der Waals surface area contributed by atoms with E-state index in [1.165, 1.54) is 14.2 Å². The van der Waals surface area contributed by atoms with Crippen LogP contribution in [0.2, 0.25) is 0 Å². The van der Waals surface area contributed by atoms with Crippen molar-refractivity contribution in [1.29, 1.82) is 0 Å². The largest absolute Gasteiger partial charge is 0.504 e. The predicted molar refractivity (Wildman–Crippen MR) is 108 cm³/mol. The molecule has 3 aromatic carbocycles. The van der Waals surface area contributed by atoms with Crippen LogP contribution in [0.15, 0.2) is 71.6 Å². The Morgan fingerprint density at radius 2 is 1.36 bits per heavy atom. The molecule has 0 saturated heterocycles. The smallest absolute Gasteiger partial charge is 0.189 e. The third kappa shape index (κ3) is 3.55. The van der Waals surface area contributed by atoms with Gasteiger partial charge in [-0.15, -0.1) is 0 Å². The highest BCUT2D eigenvalue weighted by atomic mass is 32.2. The van der Waals surface area contributed by atoms with Gasteiger partial charge >= 0.3 is 0 Å². The molecule has 0 heterocycles. The Labute approximate surface area is 165 Å². The monoisotopic (exact) mass is 398 g/mol. The van der Waals surface area contributed by atoms with Crippen LogP contribution < -0.4 is 9.47 Å². The van der Waals surface area contributed by atoms with E-state index in [1.807, 2.05) is 6.92 Å². The van der Waals surface area contributed by atoms with Gasteiger partial charge in [0.1, 0.15) is 11.0 Å². The number of methoxy groups -OCH3 is 2. The highest BCUT2D eigenvalue weighted by molar-refractivity contribution is 7.92. The Balaban J connectivity index is 2.31. The maximum atomic E-state index is 13.7. The first-order chi connectivity index (χ1) is 13.4. The normalized spacial score (nSPS) is 12.4. The van der Waals surface area contributed by atoms with E-state index in [4.69, 9.17) is 9.47 Å². The van der Waals surface area contributed by atoms with E-state index in [-0.39, 0.29) is 22.0 Å². The molecule has 3 rings (SSSR count). The van der Waals surface area contributed by atoms with Crippen molar-refractivity contribution in [2.75, 3.05) is 14.2 Å². The van der Waals surface area contributed by atoms with E-state index in [9.17, 15) is 13.5 Å². The minimum Gasteiger partial charge on any atom is -0.504 e. The number of aromatic hydroxyl groups is 1. The number of ether oxygens (including phenoxy) is 2. The lowest BCUT2D eigenvalue weighted by molar-refractivity contribution is 0.370. The van der Waals surface area contributed by atoms with E-state index in [0.717, 1.165) is 5.56 Å². The third-order valence-electron chi connectivity index (χ3n) is 4.61. The lowest BCUT2D eigenvalue weighted by Gasteiger charge is -2.22. The molecule has 0 aliphatic carbocycles. The van der Waals surface area contributed by atoms with Crippen molar-refractivity contribution >= 4 is 9.84 Å². The van der Waals surface area contributed by atoms with Crippen molar-refractivity contribution in [3.63, 3.8) is 0 Å². The number of aryl methyl sites for hydroxylation is 1. The molecule has 0 fully saturated rings. The van der Waals surface area contributed by atoms with E-state index in [2.05, 4.69) is 0 Å². The summed E-state index contributed by atoms with van der Waals surface area (Å²) in [5.41, 5.74) is 1.62. The number of hydrogen-bond donors (Lipinski definition) is 1. The Morgan fingerprint density at radius 3 is 2.00 bits per heavy atom. The van der Waals surface area contributed by atoms with E-state index in [1.54, 1.807) is 66.7 Å². The number of rotatable bonds is 6. The molecule has 28 heavy (non-hydrogen) atoms. The van der Waals surface area contributed by atoms with Crippen LogP contribution >= 0.6 is 0 Å². The molecule has 0 spiro atoms. The molecular formula is C22H22O5S. The van der Waals surface area contributed by atoms with Gasteiger partial charge in [0.05, 0.1) is 19.1 Å². The van der Waals surface area contributed by atoms with Crippen molar-refractivity contribution in [1.82, 2.24) is 0 Å². The summed E-state index contributed by atoms with van der Waals surface area (Å²) in [5.74, 6) is 0.415. The molecular weight excluding hydrogens is 376 g/mol. The molecule has 0 saturated carbocycles.